The Morgan fingerprint density at radius 2 is 1.95 bits per heavy atom. The van der Waals surface area contributed by atoms with E-state index in [2.05, 4.69) is 12.2 Å². The molecule has 2 unspecified atom stereocenters. The number of rotatable bonds is 8. The second-order valence-corrected chi connectivity index (χ2v) is 5.74. The van der Waals surface area contributed by atoms with Crippen LogP contribution in [0.15, 0.2) is 30.3 Å². The van der Waals surface area contributed by atoms with Crippen LogP contribution in [0.5, 0.6) is 0 Å². The van der Waals surface area contributed by atoms with Gasteiger partial charge in [-0.25, -0.2) is 0 Å². The van der Waals surface area contributed by atoms with E-state index in [9.17, 15) is 14.7 Å². The number of aliphatic carboxylic acids is 1. The van der Waals surface area contributed by atoms with Gasteiger partial charge in [-0.3, -0.25) is 9.59 Å². The number of benzene rings is 1. The molecule has 1 aromatic carbocycles. The zero-order chi connectivity index (χ0) is 15.0. The summed E-state index contributed by atoms with van der Waals surface area (Å²) in [5, 5.41) is 12.0. The number of carbonyl (C=O) groups excluding carboxylic acids is 1. The second kappa shape index (κ2) is 8.64. The third kappa shape index (κ3) is 5.25. The van der Waals surface area contributed by atoms with Crippen molar-refractivity contribution >= 4 is 23.6 Å². The van der Waals surface area contributed by atoms with E-state index in [4.69, 9.17) is 0 Å². The molecule has 0 fully saturated rings. The molecule has 110 valence electrons. The molecule has 0 radical (unpaired) electrons. The van der Waals surface area contributed by atoms with E-state index in [1.807, 2.05) is 30.3 Å². The summed E-state index contributed by atoms with van der Waals surface area (Å²) >= 11 is 1.56. The summed E-state index contributed by atoms with van der Waals surface area (Å²) in [6, 6.07) is 8.73. The van der Waals surface area contributed by atoms with E-state index in [1.54, 1.807) is 18.7 Å². The van der Waals surface area contributed by atoms with Crippen molar-refractivity contribution in [3.8, 4) is 0 Å². The Morgan fingerprint density at radius 1 is 1.30 bits per heavy atom. The fourth-order valence-corrected chi connectivity index (χ4v) is 2.53. The van der Waals surface area contributed by atoms with Crippen LogP contribution in [0, 0.1) is 5.92 Å². The fourth-order valence-electron chi connectivity index (χ4n) is 1.82. The van der Waals surface area contributed by atoms with Gasteiger partial charge in [0.05, 0.1) is 17.7 Å². The normalized spacial score (nSPS) is 13.5. The SMILES string of the molecule is CCCSCC(=O)NC(c1ccccc1)C(C)C(=O)O. The van der Waals surface area contributed by atoms with Crippen LogP contribution in [0.25, 0.3) is 0 Å². The zero-order valence-electron chi connectivity index (χ0n) is 11.8. The molecule has 20 heavy (non-hydrogen) atoms. The highest BCUT2D eigenvalue weighted by molar-refractivity contribution is 7.99. The van der Waals surface area contributed by atoms with Crippen LogP contribution in [0.3, 0.4) is 0 Å². The first-order valence-electron chi connectivity index (χ1n) is 6.71. The molecule has 0 heterocycles. The Kier molecular flexibility index (Phi) is 7.15. The van der Waals surface area contributed by atoms with Crippen molar-refractivity contribution in [2.45, 2.75) is 26.3 Å². The van der Waals surface area contributed by atoms with Gasteiger partial charge in [0.15, 0.2) is 0 Å². The maximum Gasteiger partial charge on any atom is 0.308 e. The number of amides is 1. The van der Waals surface area contributed by atoms with Crippen LogP contribution in [0.2, 0.25) is 0 Å². The Morgan fingerprint density at radius 3 is 2.50 bits per heavy atom. The number of carbonyl (C=O) groups is 2. The lowest BCUT2D eigenvalue weighted by atomic mass is 9.94. The molecule has 4 nitrogen and oxygen atoms in total. The van der Waals surface area contributed by atoms with Gasteiger partial charge in [0, 0.05) is 0 Å². The Labute approximate surface area is 124 Å². The zero-order valence-corrected chi connectivity index (χ0v) is 12.7. The largest absolute Gasteiger partial charge is 0.481 e. The standard InChI is InChI=1S/C15H21NO3S/c1-3-9-20-10-13(17)16-14(11(2)15(18)19)12-7-5-4-6-8-12/h4-8,11,14H,3,9-10H2,1-2H3,(H,16,17)(H,18,19). The third-order valence-electron chi connectivity index (χ3n) is 2.95. The molecule has 0 saturated heterocycles. The molecule has 2 N–H and O–H groups in total. The summed E-state index contributed by atoms with van der Waals surface area (Å²) in [6.07, 6.45) is 1.02. The molecule has 2 atom stereocenters. The van der Waals surface area contributed by atoms with Crippen molar-refractivity contribution in [2.75, 3.05) is 11.5 Å². The predicted octanol–water partition coefficient (Wildman–Crippen LogP) is 2.71. The van der Waals surface area contributed by atoms with Gasteiger partial charge in [-0.05, 0) is 24.7 Å². The van der Waals surface area contributed by atoms with Crippen molar-refractivity contribution < 1.29 is 14.7 Å². The van der Waals surface area contributed by atoms with Crippen LogP contribution in [0.4, 0.5) is 0 Å². The van der Waals surface area contributed by atoms with Gasteiger partial charge in [0.2, 0.25) is 5.91 Å². The molecule has 0 saturated carbocycles. The monoisotopic (exact) mass is 295 g/mol. The summed E-state index contributed by atoms with van der Waals surface area (Å²) in [7, 11) is 0. The lowest BCUT2D eigenvalue weighted by Gasteiger charge is -2.22. The smallest absolute Gasteiger partial charge is 0.308 e. The van der Waals surface area contributed by atoms with Crippen LogP contribution < -0.4 is 5.32 Å². The summed E-state index contributed by atoms with van der Waals surface area (Å²) < 4.78 is 0. The van der Waals surface area contributed by atoms with Crippen LogP contribution in [-0.2, 0) is 9.59 Å². The number of carboxylic acid groups (broad SMARTS) is 1. The Hall–Kier alpha value is -1.49. The molecule has 1 rings (SSSR count). The second-order valence-electron chi connectivity index (χ2n) is 4.64. The van der Waals surface area contributed by atoms with E-state index in [1.165, 1.54) is 0 Å². The molecule has 0 aliphatic carbocycles. The number of hydrogen-bond donors (Lipinski definition) is 2. The average Bonchev–Trinajstić information content (AvgIpc) is 2.45. The van der Waals surface area contributed by atoms with E-state index in [0.717, 1.165) is 17.7 Å². The summed E-state index contributed by atoms with van der Waals surface area (Å²) in [6.45, 7) is 3.67. The van der Waals surface area contributed by atoms with Gasteiger partial charge in [0.25, 0.3) is 0 Å². The number of hydrogen-bond acceptors (Lipinski definition) is 3. The number of thioether (sulfide) groups is 1. The van der Waals surface area contributed by atoms with Gasteiger partial charge in [-0.2, -0.15) is 11.8 Å². The molecule has 5 heteroatoms. The molecule has 0 aliphatic rings. The first-order valence-corrected chi connectivity index (χ1v) is 7.86. The molecule has 1 amide bonds. The minimum absolute atomic E-state index is 0.120. The molecular formula is C15H21NO3S. The molecule has 0 aromatic heterocycles. The molecule has 0 bridgehead atoms. The van der Waals surface area contributed by atoms with Gasteiger partial charge in [-0.1, -0.05) is 37.3 Å². The van der Waals surface area contributed by atoms with E-state index in [0.29, 0.717) is 5.75 Å². The fraction of sp³-hybridized carbons (Fsp3) is 0.467. The lowest BCUT2D eigenvalue weighted by Crippen LogP contribution is -2.36. The minimum atomic E-state index is -0.916. The Bertz CT molecular complexity index is 436. The van der Waals surface area contributed by atoms with Crippen LogP contribution in [0.1, 0.15) is 31.9 Å². The molecule has 0 aliphatic heterocycles. The average molecular weight is 295 g/mol. The maximum absolute atomic E-state index is 11.9. The minimum Gasteiger partial charge on any atom is -0.481 e. The molecule has 0 spiro atoms. The highest BCUT2D eigenvalue weighted by atomic mass is 32.2. The van der Waals surface area contributed by atoms with Crippen LogP contribution in [-0.4, -0.2) is 28.5 Å². The van der Waals surface area contributed by atoms with Gasteiger partial charge < -0.3 is 10.4 Å². The van der Waals surface area contributed by atoms with E-state index in [-0.39, 0.29) is 5.91 Å². The van der Waals surface area contributed by atoms with E-state index >= 15 is 0 Å². The third-order valence-corrected chi connectivity index (χ3v) is 4.11. The van der Waals surface area contributed by atoms with Crippen molar-refractivity contribution in [3.63, 3.8) is 0 Å². The number of nitrogens with one attached hydrogen (secondary N) is 1. The Balaban J connectivity index is 2.74. The first-order chi connectivity index (χ1) is 9.56. The predicted molar refractivity (Wildman–Crippen MR) is 81.7 cm³/mol. The van der Waals surface area contributed by atoms with E-state index < -0.39 is 17.9 Å². The van der Waals surface area contributed by atoms with Gasteiger partial charge in [0.1, 0.15) is 0 Å². The summed E-state index contributed by atoms with van der Waals surface area (Å²) in [5.74, 6) is -0.412. The summed E-state index contributed by atoms with van der Waals surface area (Å²) in [4.78, 5) is 23.1. The topological polar surface area (TPSA) is 66.4 Å². The van der Waals surface area contributed by atoms with Crippen molar-refractivity contribution in [3.05, 3.63) is 35.9 Å². The quantitative estimate of drug-likeness (QED) is 0.724. The van der Waals surface area contributed by atoms with Gasteiger partial charge >= 0.3 is 5.97 Å². The maximum atomic E-state index is 11.9. The lowest BCUT2D eigenvalue weighted by molar-refractivity contribution is -0.142. The summed E-state index contributed by atoms with van der Waals surface area (Å²) in [5.41, 5.74) is 0.816. The van der Waals surface area contributed by atoms with Crippen molar-refractivity contribution in [1.82, 2.24) is 5.32 Å². The molecular weight excluding hydrogens is 274 g/mol. The van der Waals surface area contributed by atoms with Crippen molar-refractivity contribution in [2.24, 2.45) is 5.92 Å². The highest BCUT2D eigenvalue weighted by Crippen LogP contribution is 2.22. The van der Waals surface area contributed by atoms with Crippen molar-refractivity contribution in [1.29, 1.82) is 0 Å². The molecule has 1 aromatic rings. The van der Waals surface area contributed by atoms with Gasteiger partial charge in [-0.15, -0.1) is 0 Å². The highest BCUT2D eigenvalue weighted by Gasteiger charge is 2.26. The number of carboxylic acids is 1. The first kappa shape index (κ1) is 16.6. The van der Waals surface area contributed by atoms with Crippen LogP contribution >= 0.6 is 11.8 Å².